The molecule has 34 heavy (non-hydrogen) atoms. The molecule has 8 heteroatoms. The molecule has 2 unspecified atom stereocenters. The van der Waals surface area contributed by atoms with Crippen molar-refractivity contribution in [1.29, 1.82) is 0 Å². The quantitative estimate of drug-likeness (QED) is 0.450. The van der Waals surface area contributed by atoms with Crippen molar-refractivity contribution >= 4 is 5.84 Å². The van der Waals surface area contributed by atoms with E-state index in [1.165, 1.54) is 6.20 Å². The third-order valence-electron chi connectivity index (χ3n) is 6.16. The number of amidine groups is 1. The highest BCUT2D eigenvalue weighted by Gasteiger charge is 2.53. The summed E-state index contributed by atoms with van der Waals surface area (Å²) in [5, 5.41) is 0. The second-order valence-electron chi connectivity index (χ2n) is 8.29. The highest BCUT2D eigenvalue weighted by molar-refractivity contribution is 5.84. The van der Waals surface area contributed by atoms with Crippen LogP contribution in [0.4, 0.5) is 4.39 Å². The summed E-state index contributed by atoms with van der Waals surface area (Å²) in [6.45, 7) is 1.99. The topological polar surface area (TPSA) is 95.5 Å². The van der Waals surface area contributed by atoms with Crippen LogP contribution in [0.3, 0.4) is 0 Å². The van der Waals surface area contributed by atoms with E-state index in [9.17, 15) is 0 Å². The summed E-state index contributed by atoms with van der Waals surface area (Å²) in [4.78, 5) is 17.7. The number of pyridine rings is 3. The first-order chi connectivity index (χ1) is 16.6. The molecule has 0 saturated heterocycles. The Morgan fingerprint density at radius 3 is 2.71 bits per heavy atom. The molecule has 0 amide bonds. The van der Waals surface area contributed by atoms with Gasteiger partial charge in [0.05, 0.1) is 11.9 Å². The van der Waals surface area contributed by atoms with Crippen LogP contribution in [-0.2, 0) is 10.3 Å². The van der Waals surface area contributed by atoms with Crippen molar-refractivity contribution in [3.05, 3.63) is 102 Å². The van der Waals surface area contributed by atoms with Crippen molar-refractivity contribution < 1.29 is 13.9 Å². The number of nitrogens with zero attached hydrogens (tertiary/aromatic N) is 4. The van der Waals surface area contributed by atoms with Crippen LogP contribution in [0.15, 0.2) is 78.2 Å². The third-order valence-corrected chi connectivity index (χ3v) is 6.16. The van der Waals surface area contributed by atoms with Gasteiger partial charge in [-0.1, -0.05) is 24.3 Å². The molecule has 6 rings (SSSR count). The SMILES string of the molecule is Cc1cc(-c2cc3c(cn2)Oc2ccccc2C32N=C(N)COC2c2cccnc2F)ccn1. The lowest BCUT2D eigenvalue weighted by molar-refractivity contribution is 0.0130. The smallest absolute Gasteiger partial charge is 0.218 e. The van der Waals surface area contributed by atoms with Gasteiger partial charge >= 0.3 is 0 Å². The number of aliphatic imine (C=N–C) groups is 1. The number of ether oxygens (including phenoxy) is 2. The van der Waals surface area contributed by atoms with E-state index in [2.05, 4.69) is 15.0 Å². The summed E-state index contributed by atoms with van der Waals surface area (Å²) in [7, 11) is 0. The minimum atomic E-state index is -1.20. The molecular formula is C26H20FN5O2. The molecule has 3 aromatic heterocycles. The van der Waals surface area contributed by atoms with Gasteiger partial charge in [0.2, 0.25) is 5.95 Å². The van der Waals surface area contributed by atoms with Crippen LogP contribution in [0.1, 0.15) is 28.5 Å². The van der Waals surface area contributed by atoms with Gasteiger partial charge in [0.1, 0.15) is 24.3 Å². The van der Waals surface area contributed by atoms with Crippen molar-refractivity contribution in [3.8, 4) is 22.8 Å². The molecule has 0 saturated carbocycles. The maximum absolute atomic E-state index is 15.0. The number of nitrogens with two attached hydrogens (primary N) is 1. The molecule has 2 atom stereocenters. The third kappa shape index (κ3) is 3.07. The van der Waals surface area contributed by atoms with E-state index in [0.29, 0.717) is 34.2 Å². The van der Waals surface area contributed by atoms with Crippen LogP contribution < -0.4 is 10.5 Å². The fourth-order valence-corrected chi connectivity index (χ4v) is 4.74. The van der Waals surface area contributed by atoms with Crippen molar-refractivity contribution in [2.45, 2.75) is 18.6 Å². The minimum Gasteiger partial charge on any atom is -0.455 e. The van der Waals surface area contributed by atoms with Gasteiger partial charge in [-0.2, -0.15) is 4.39 Å². The maximum atomic E-state index is 15.0. The summed E-state index contributed by atoms with van der Waals surface area (Å²) in [6.07, 6.45) is 3.98. The Labute approximate surface area is 195 Å². The number of benzene rings is 1. The fraction of sp³-hybridized carbons (Fsp3) is 0.154. The van der Waals surface area contributed by atoms with E-state index in [1.807, 2.05) is 49.4 Å². The standard InChI is InChI=1S/C26H20FN5O2/c1-15-11-16(8-10-29-15)20-12-19-22(13-31-20)34-21-7-3-2-6-18(21)26(19)24(33-14-23(28)32-26)17-5-4-9-30-25(17)27/h2-13,24H,14H2,1H3,(H2,28,32). The first kappa shape index (κ1) is 20.4. The zero-order valence-corrected chi connectivity index (χ0v) is 18.3. The summed E-state index contributed by atoms with van der Waals surface area (Å²) in [5.74, 6) is 0.777. The Morgan fingerprint density at radius 1 is 0.971 bits per heavy atom. The average Bonchev–Trinajstić information content (AvgIpc) is 2.85. The van der Waals surface area contributed by atoms with Crippen LogP contribution >= 0.6 is 0 Å². The van der Waals surface area contributed by atoms with E-state index < -0.39 is 17.6 Å². The van der Waals surface area contributed by atoms with Gasteiger partial charge in [-0.05, 0) is 37.3 Å². The van der Waals surface area contributed by atoms with Crippen molar-refractivity contribution in [3.63, 3.8) is 0 Å². The Balaban J connectivity index is 1.67. The van der Waals surface area contributed by atoms with Gasteiger partial charge in [0, 0.05) is 40.3 Å². The van der Waals surface area contributed by atoms with Gasteiger partial charge in [0.15, 0.2) is 11.3 Å². The van der Waals surface area contributed by atoms with Crippen LogP contribution in [0, 0.1) is 12.9 Å². The van der Waals surface area contributed by atoms with Crippen molar-refractivity contribution in [2.75, 3.05) is 6.61 Å². The molecule has 0 fully saturated rings. The van der Waals surface area contributed by atoms with Crippen LogP contribution in [-0.4, -0.2) is 27.4 Å². The molecule has 0 aliphatic carbocycles. The largest absolute Gasteiger partial charge is 0.455 e. The van der Waals surface area contributed by atoms with Gasteiger partial charge in [-0.15, -0.1) is 0 Å². The van der Waals surface area contributed by atoms with Crippen molar-refractivity contribution in [2.24, 2.45) is 10.7 Å². The predicted molar refractivity (Wildman–Crippen MR) is 124 cm³/mol. The molecule has 2 N–H and O–H groups in total. The molecule has 0 radical (unpaired) electrons. The van der Waals surface area contributed by atoms with Gasteiger partial charge < -0.3 is 15.2 Å². The van der Waals surface area contributed by atoms with Crippen LogP contribution in [0.25, 0.3) is 11.3 Å². The molecule has 1 spiro atoms. The lowest BCUT2D eigenvalue weighted by atomic mass is 9.73. The van der Waals surface area contributed by atoms with Gasteiger partial charge in [-0.3, -0.25) is 15.0 Å². The molecule has 1 aromatic carbocycles. The molecule has 5 heterocycles. The average molecular weight is 453 g/mol. The minimum absolute atomic E-state index is 0.0700. The number of rotatable bonds is 2. The lowest BCUT2D eigenvalue weighted by Gasteiger charge is -2.44. The number of hydrogen-bond donors (Lipinski definition) is 1. The normalized spacial score (nSPS) is 20.8. The van der Waals surface area contributed by atoms with E-state index in [0.717, 1.165) is 16.8 Å². The fourth-order valence-electron chi connectivity index (χ4n) is 4.74. The predicted octanol–water partition coefficient (Wildman–Crippen LogP) is 4.46. The zero-order chi connectivity index (χ0) is 23.3. The maximum Gasteiger partial charge on any atom is 0.218 e. The van der Waals surface area contributed by atoms with E-state index >= 15 is 4.39 Å². The van der Waals surface area contributed by atoms with Crippen LogP contribution in [0.2, 0.25) is 0 Å². The van der Waals surface area contributed by atoms with E-state index in [1.54, 1.807) is 24.5 Å². The highest BCUT2D eigenvalue weighted by Crippen LogP contribution is 2.57. The van der Waals surface area contributed by atoms with Crippen LogP contribution in [0.5, 0.6) is 11.5 Å². The molecule has 168 valence electrons. The Morgan fingerprint density at radius 2 is 1.85 bits per heavy atom. The summed E-state index contributed by atoms with van der Waals surface area (Å²) in [6, 6.07) is 16.6. The van der Waals surface area contributed by atoms with Gasteiger partial charge in [-0.25, -0.2) is 4.98 Å². The lowest BCUT2D eigenvalue weighted by Crippen LogP contribution is -2.45. The summed E-state index contributed by atoms with van der Waals surface area (Å²) >= 11 is 0. The molecule has 7 nitrogen and oxygen atoms in total. The number of halogens is 1. The molecule has 4 aromatic rings. The number of aryl methyl sites for hydroxylation is 1. The van der Waals surface area contributed by atoms with E-state index in [4.69, 9.17) is 20.2 Å². The second-order valence-corrected chi connectivity index (χ2v) is 8.29. The van der Waals surface area contributed by atoms with E-state index in [-0.39, 0.29) is 6.61 Å². The second kappa shape index (κ2) is 7.71. The number of para-hydroxylation sites is 1. The molecule has 0 bridgehead atoms. The number of aromatic nitrogens is 3. The first-order valence-corrected chi connectivity index (χ1v) is 10.8. The number of hydrogen-bond acceptors (Lipinski definition) is 7. The van der Waals surface area contributed by atoms with Crippen molar-refractivity contribution in [1.82, 2.24) is 15.0 Å². The Bertz CT molecular complexity index is 1460. The highest BCUT2D eigenvalue weighted by atomic mass is 19.1. The number of fused-ring (bicyclic) bond motifs is 4. The monoisotopic (exact) mass is 453 g/mol. The zero-order valence-electron chi connectivity index (χ0n) is 18.3. The Kier molecular flexibility index (Phi) is 4.63. The summed E-state index contributed by atoms with van der Waals surface area (Å²) < 4.78 is 27.5. The Hall–Kier alpha value is -4.17. The summed E-state index contributed by atoms with van der Waals surface area (Å²) in [5.41, 5.74) is 9.21. The molecule has 2 aliphatic rings. The molecular weight excluding hydrogens is 433 g/mol. The van der Waals surface area contributed by atoms with Gasteiger partial charge in [0.25, 0.3) is 0 Å². The first-order valence-electron chi connectivity index (χ1n) is 10.8. The molecule has 2 aliphatic heterocycles.